The highest BCUT2D eigenvalue weighted by atomic mass is 32.2. The molecule has 0 atom stereocenters. The zero-order valence-electron chi connectivity index (χ0n) is 12.6. The minimum atomic E-state index is -3.13. The summed E-state index contributed by atoms with van der Waals surface area (Å²) in [4.78, 5) is 4.50. The molecule has 6 nitrogen and oxygen atoms in total. The molecule has 0 bridgehead atoms. The molecule has 0 amide bonds. The fourth-order valence-electron chi connectivity index (χ4n) is 2.74. The second-order valence-electron chi connectivity index (χ2n) is 6.00. The molecule has 1 aromatic heterocycles. The highest BCUT2D eigenvalue weighted by molar-refractivity contribution is 7.93. The predicted octanol–water partition coefficient (Wildman–Crippen LogP) is 2.57. The number of rotatable bonds is 5. The molecule has 1 aromatic carbocycles. The number of benzene rings is 1. The third kappa shape index (κ3) is 3.18. The van der Waals surface area contributed by atoms with Gasteiger partial charge in [0.05, 0.1) is 11.4 Å². The van der Waals surface area contributed by atoms with Gasteiger partial charge in [-0.25, -0.2) is 13.4 Å². The number of sulfonamides is 1. The minimum Gasteiger partial charge on any atom is -0.356 e. The lowest BCUT2D eigenvalue weighted by Crippen LogP contribution is -2.25. The Morgan fingerprint density at radius 2 is 2.22 bits per heavy atom. The third-order valence-corrected chi connectivity index (χ3v) is 6.68. The Labute approximate surface area is 139 Å². The third-order valence-electron chi connectivity index (χ3n) is 4.13. The van der Waals surface area contributed by atoms with E-state index in [0.29, 0.717) is 25.4 Å². The number of nitrogens with zero attached hydrogens (tertiary/aromatic N) is 3. The van der Waals surface area contributed by atoms with Crippen molar-refractivity contribution in [2.24, 2.45) is 0 Å². The van der Waals surface area contributed by atoms with Crippen molar-refractivity contribution < 1.29 is 8.42 Å². The van der Waals surface area contributed by atoms with E-state index in [2.05, 4.69) is 14.7 Å². The summed E-state index contributed by atoms with van der Waals surface area (Å²) in [5, 5.41) is 4.10. The van der Waals surface area contributed by atoms with Crippen LogP contribution in [0.5, 0.6) is 0 Å². The first-order chi connectivity index (χ1) is 11.1. The quantitative estimate of drug-likeness (QED) is 0.897. The largest absolute Gasteiger partial charge is 0.356 e. The second kappa shape index (κ2) is 5.76. The molecular formula is C15H18N4O2S2. The average molecular weight is 350 g/mol. The van der Waals surface area contributed by atoms with Gasteiger partial charge in [0, 0.05) is 30.5 Å². The molecule has 2 fully saturated rings. The van der Waals surface area contributed by atoms with Crippen LogP contribution >= 0.6 is 11.5 Å². The molecule has 2 aliphatic rings. The molecule has 8 heteroatoms. The molecule has 0 radical (unpaired) electrons. The van der Waals surface area contributed by atoms with E-state index < -0.39 is 10.0 Å². The maximum atomic E-state index is 12.0. The van der Waals surface area contributed by atoms with E-state index in [4.69, 9.17) is 0 Å². The predicted molar refractivity (Wildman–Crippen MR) is 91.4 cm³/mol. The normalized spacial score (nSPS) is 19.9. The van der Waals surface area contributed by atoms with Crippen LogP contribution in [-0.4, -0.2) is 30.1 Å². The van der Waals surface area contributed by atoms with Crippen LogP contribution in [0.2, 0.25) is 0 Å². The van der Waals surface area contributed by atoms with Gasteiger partial charge in [-0.3, -0.25) is 4.31 Å². The summed E-state index contributed by atoms with van der Waals surface area (Å²) in [7, 11) is -3.13. The Kier molecular flexibility index (Phi) is 3.73. The van der Waals surface area contributed by atoms with Crippen molar-refractivity contribution in [1.82, 2.24) is 9.36 Å². The van der Waals surface area contributed by atoms with Gasteiger partial charge in [0.25, 0.3) is 0 Å². The topological polar surface area (TPSA) is 75.2 Å². The summed E-state index contributed by atoms with van der Waals surface area (Å²) >= 11 is 1.39. The lowest BCUT2D eigenvalue weighted by molar-refractivity contribution is 0.599. The van der Waals surface area contributed by atoms with E-state index in [1.807, 2.05) is 24.3 Å². The van der Waals surface area contributed by atoms with Crippen molar-refractivity contribution in [3.63, 3.8) is 0 Å². The van der Waals surface area contributed by atoms with E-state index in [9.17, 15) is 8.42 Å². The Morgan fingerprint density at radius 1 is 1.35 bits per heavy atom. The van der Waals surface area contributed by atoms with Crippen molar-refractivity contribution in [2.45, 2.75) is 31.7 Å². The Hall–Kier alpha value is -1.67. The molecule has 0 spiro atoms. The minimum absolute atomic E-state index is 0.240. The lowest BCUT2D eigenvalue weighted by atomic mass is 10.2. The Morgan fingerprint density at radius 3 is 2.96 bits per heavy atom. The maximum Gasteiger partial charge on any atom is 0.235 e. The van der Waals surface area contributed by atoms with Crippen LogP contribution in [0.1, 0.15) is 36.6 Å². The average Bonchev–Trinajstić information content (AvgIpc) is 3.17. The first-order valence-electron chi connectivity index (χ1n) is 7.79. The van der Waals surface area contributed by atoms with Crippen LogP contribution in [0.15, 0.2) is 24.3 Å². The molecule has 1 aliphatic heterocycles. The summed E-state index contributed by atoms with van der Waals surface area (Å²) in [5.41, 5.74) is 1.78. The van der Waals surface area contributed by atoms with Crippen molar-refractivity contribution in [3.8, 4) is 0 Å². The Balaban J connectivity index is 1.45. The molecule has 1 N–H and O–H groups in total. The molecule has 2 aromatic rings. The van der Waals surface area contributed by atoms with Crippen LogP contribution < -0.4 is 9.62 Å². The van der Waals surface area contributed by atoms with Gasteiger partial charge in [0.15, 0.2) is 0 Å². The summed E-state index contributed by atoms with van der Waals surface area (Å²) in [6.07, 6.45) is 3.09. The van der Waals surface area contributed by atoms with Crippen LogP contribution in [-0.2, 0) is 16.6 Å². The van der Waals surface area contributed by atoms with Gasteiger partial charge in [0.2, 0.25) is 15.2 Å². The molecule has 1 saturated carbocycles. The summed E-state index contributed by atoms with van der Waals surface area (Å²) in [6, 6.07) is 7.67. The van der Waals surface area contributed by atoms with Gasteiger partial charge in [-0.2, -0.15) is 4.37 Å². The Bertz CT molecular complexity index is 814. The van der Waals surface area contributed by atoms with E-state index in [0.717, 1.165) is 22.2 Å². The maximum absolute atomic E-state index is 12.0. The van der Waals surface area contributed by atoms with Gasteiger partial charge in [-0.15, -0.1) is 0 Å². The van der Waals surface area contributed by atoms with Crippen molar-refractivity contribution in [3.05, 3.63) is 35.7 Å². The fraction of sp³-hybridized carbons (Fsp3) is 0.467. The van der Waals surface area contributed by atoms with Gasteiger partial charge in [-0.05, 0) is 37.0 Å². The molecule has 0 unspecified atom stereocenters. The highest BCUT2D eigenvalue weighted by Gasteiger charge is 2.29. The summed E-state index contributed by atoms with van der Waals surface area (Å²) in [5.74, 6) is 1.75. The summed E-state index contributed by atoms with van der Waals surface area (Å²) < 4.78 is 29.9. The van der Waals surface area contributed by atoms with Crippen LogP contribution in [0.4, 0.5) is 10.8 Å². The lowest BCUT2D eigenvalue weighted by Gasteiger charge is -2.17. The molecule has 1 saturated heterocycles. The smallest absolute Gasteiger partial charge is 0.235 e. The number of aromatic nitrogens is 2. The zero-order valence-corrected chi connectivity index (χ0v) is 14.2. The SMILES string of the molecule is O=S1(=O)CCCN1c1cccc(CNc2nc(C3CC3)ns2)c1. The van der Waals surface area contributed by atoms with Crippen molar-refractivity contribution in [1.29, 1.82) is 0 Å². The van der Waals surface area contributed by atoms with E-state index >= 15 is 0 Å². The van der Waals surface area contributed by atoms with Crippen molar-refractivity contribution >= 4 is 32.4 Å². The zero-order chi connectivity index (χ0) is 15.9. The highest BCUT2D eigenvalue weighted by Crippen LogP contribution is 2.39. The van der Waals surface area contributed by atoms with Crippen LogP contribution in [0, 0.1) is 0 Å². The van der Waals surface area contributed by atoms with Gasteiger partial charge < -0.3 is 5.32 Å². The van der Waals surface area contributed by atoms with Gasteiger partial charge in [0.1, 0.15) is 5.82 Å². The number of anilines is 2. The number of hydrogen-bond acceptors (Lipinski definition) is 6. The standard InChI is InChI=1S/C15H18N4O2S2/c20-23(21)8-2-7-19(23)13-4-1-3-11(9-13)10-16-15-17-14(18-22-15)12-5-6-12/h1,3-4,9,12H,2,5-8,10H2,(H,16,17,18). The monoisotopic (exact) mass is 350 g/mol. The molecule has 4 rings (SSSR count). The first kappa shape index (κ1) is 14.9. The van der Waals surface area contributed by atoms with Crippen LogP contribution in [0.3, 0.4) is 0 Å². The molecule has 2 heterocycles. The first-order valence-corrected chi connectivity index (χ1v) is 10.2. The van der Waals surface area contributed by atoms with Crippen LogP contribution in [0.25, 0.3) is 0 Å². The van der Waals surface area contributed by atoms with E-state index in [1.165, 1.54) is 28.7 Å². The van der Waals surface area contributed by atoms with Gasteiger partial charge >= 0.3 is 0 Å². The van der Waals surface area contributed by atoms with Gasteiger partial charge in [-0.1, -0.05) is 12.1 Å². The molecule has 122 valence electrons. The second-order valence-corrected chi connectivity index (χ2v) is 8.76. The molecule has 1 aliphatic carbocycles. The molecule has 23 heavy (non-hydrogen) atoms. The van der Waals surface area contributed by atoms with E-state index in [1.54, 1.807) is 0 Å². The molecular weight excluding hydrogens is 332 g/mol. The number of nitrogens with one attached hydrogen (secondary N) is 1. The van der Waals surface area contributed by atoms with E-state index in [-0.39, 0.29) is 5.75 Å². The summed E-state index contributed by atoms with van der Waals surface area (Å²) in [6.45, 7) is 1.18. The number of hydrogen-bond donors (Lipinski definition) is 1. The fourth-order valence-corrected chi connectivity index (χ4v) is 4.94. The van der Waals surface area contributed by atoms with Crippen molar-refractivity contribution in [2.75, 3.05) is 21.9 Å².